The zero-order valence-corrected chi connectivity index (χ0v) is 11.0. The number of rotatable bonds is 5. The molecule has 0 aliphatic heterocycles. The van der Waals surface area contributed by atoms with Crippen LogP contribution in [-0.2, 0) is 12.8 Å². The first-order chi connectivity index (χ1) is 9.58. The molecule has 1 atom stereocenters. The summed E-state index contributed by atoms with van der Waals surface area (Å²) in [6.45, 7) is 0.354. The van der Waals surface area contributed by atoms with Crippen LogP contribution in [0.3, 0.4) is 0 Å². The lowest BCUT2D eigenvalue weighted by molar-refractivity contribution is 0.506. The average Bonchev–Trinajstić information content (AvgIpc) is 2.44. The molecule has 20 heavy (non-hydrogen) atoms. The third kappa shape index (κ3) is 3.84. The second-order valence-corrected chi connectivity index (χ2v) is 4.87. The molecule has 4 heteroatoms. The first kappa shape index (κ1) is 14.6. The van der Waals surface area contributed by atoms with Gasteiger partial charge in [0.25, 0.3) is 0 Å². The highest BCUT2D eigenvalue weighted by molar-refractivity contribution is 5.21. The van der Waals surface area contributed by atoms with E-state index in [9.17, 15) is 13.2 Å². The van der Waals surface area contributed by atoms with Crippen molar-refractivity contribution in [1.29, 1.82) is 0 Å². The van der Waals surface area contributed by atoms with Crippen molar-refractivity contribution in [2.75, 3.05) is 6.54 Å². The number of hydrogen-bond acceptors (Lipinski definition) is 1. The van der Waals surface area contributed by atoms with E-state index < -0.39 is 11.6 Å². The average molecular weight is 279 g/mol. The van der Waals surface area contributed by atoms with Gasteiger partial charge in [0.15, 0.2) is 0 Å². The molecule has 2 N–H and O–H groups in total. The van der Waals surface area contributed by atoms with Crippen molar-refractivity contribution in [2.24, 2.45) is 11.7 Å². The Kier molecular flexibility index (Phi) is 4.79. The van der Waals surface area contributed by atoms with E-state index in [-0.39, 0.29) is 11.7 Å². The summed E-state index contributed by atoms with van der Waals surface area (Å²) >= 11 is 0. The largest absolute Gasteiger partial charge is 0.330 e. The molecule has 0 aromatic heterocycles. The summed E-state index contributed by atoms with van der Waals surface area (Å²) in [6.07, 6.45) is 0.963. The number of hydrogen-bond donors (Lipinski definition) is 1. The van der Waals surface area contributed by atoms with Crippen LogP contribution in [0.4, 0.5) is 13.2 Å². The van der Waals surface area contributed by atoms with Gasteiger partial charge in [-0.2, -0.15) is 0 Å². The maximum Gasteiger partial charge on any atom is 0.126 e. The van der Waals surface area contributed by atoms with Gasteiger partial charge in [-0.05, 0) is 66.8 Å². The van der Waals surface area contributed by atoms with Crippen molar-refractivity contribution in [3.8, 4) is 0 Å². The molecule has 0 aliphatic carbocycles. The number of nitrogens with two attached hydrogens (primary N) is 1. The third-order valence-corrected chi connectivity index (χ3v) is 3.29. The first-order valence-electron chi connectivity index (χ1n) is 6.47. The first-order valence-corrected chi connectivity index (χ1v) is 6.47. The van der Waals surface area contributed by atoms with E-state index in [1.165, 1.54) is 18.2 Å². The molecule has 0 spiro atoms. The molecule has 1 unspecified atom stereocenters. The molecule has 0 heterocycles. The molecule has 0 fully saturated rings. The Hall–Kier alpha value is -1.81. The van der Waals surface area contributed by atoms with Gasteiger partial charge < -0.3 is 5.73 Å². The summed E-state index contributed by atoms with van der Waals surface area (Å²) < 4.78 is 39.6. The quantitative estimate of drug-likeness (QED) is 0.891. The van der Waals surface area contributed by atoms with Crippen molar-refractivity contribution in [2.45, 2.75) is 12.8 Å². The highest BCUT2D eigenvalue weighted by atomic mass is 19.1. The molecule has 0 saturated heterocycles. The van der Waals surface area contributed by atoms with E-state index in [1.54, 1.807) is 12.1 Å². The molecule has 0 radical (unpaired) electrons. The summed E-state index contributed by atoms with van der Waals surface area (Å²) in [6, 6.07) is 9.53. The van der Waals surface area contributed by atoms with E-state index in [1.807, 2.05) is 0 Å². The second-order valence-electron chi connectivity index (χ2n) is 4.87. The second kappa shape index (κ2) is 6.57. The van der Waals surface area contributed by atoms with Gasteiger partial charge in [-0.1, -0.05) is 12.1 Å². The Balaban J connectivity index is 2.08. The van der Waals surface area contributed by atoms with Crippen LogP contribution in [0.15, 0.2) is 42.5 Å². The predicted molar refractivity (Wildman–Crippen MR) is 72.7 cm³/mol. The fraction of sp³-hybridized carbons (Fsp3) is 0.250. The Bertz CT molecular complexity index is 566. The summed E-state index contributed by atoms with van der Waals surface area (Å²) in [5, 5.41) is 0. The Morgan fingerprint density at radius 1 is 0.850 bits per heavy atom. The molecule has 0 bridgehead atoms. The summed E-state index contributed by atoms with van der Waals surface area (Å²) in [7, 11) is 0. The van der Waals surface area contributed by atoms with Crippen LogP contribution in [0.5, 0.6) is 0 Å². The van der Waals surface area contributed by atoms with E-state index in [0.717, 1.165) is 17.7 Å². The minimum atomic E-state index is -0.459. The van der Waals surface area contributed by atoms with Crippen LogP contribution < -0.4 is 5.73 Å². The van der Waals surface area contributed by atoms with Crippen LogP contribution in [0, 0.1) is 23.4 Å². The summed E-state index contributed by atoms with van der Waals surface area (Å²) in [5.41, 5.74) is 6.95. The van der Waals surface area contributed by atoms with Crippen LogP contribution in [-0.4, -0.2) is 6.54 Å². The van der Waals surface area contributed by atoms with Gasteiger partial charge in [0, 0.05) is 0 Å². The smallest absolute Gasteiger partial charge is 0.126 e. The topological polar surface area (TPSA) is 26.0 Å². The van der Waals surface area contributed by atoms with Crippen molar-refractivity contribution >= 4 is 0 Å². The lowest BCUT2D eigenvalue weighted by Gasteiger charge is -2.15. The van der Waals surface area contributed by atoms with Crippen LogP contribution in [0.1, 0.15) is 11.1 Å². The number of benzene rings is 2. The molecular weight excluding hydrogens is 263 g/mol. The molecule has 106 valence electrons. The highest BCUT2D eigenvalue weighted by Crippen LogP contribution is 2.18. The molecule has 0 amide bonds. The van der Waals surface area contributed by atoms with E-state index >= 15 is 0 Å². The normalized spacial score (nSPS) is 12.4. The van der Waals surface area contributed by atoms with Gasteiger partial charge in [0.1, 0.15) is 17.5 Å². The van der Waals surface area contributed by atoms with Crippen LogP contribution in [0.2, 0.25) is 0 Å². The van der Waals surface area contributed by atoms with Gasteiger partial charge in [0.2, 0.25) is 0 Å². The molecule has 1 nitrogen and oxygen atoms in total. The minimum Gasteiger partial charge on any atom is -0.330 e. The van der Waals surface area contributed by atoms with Gasteiger partial charge in [-0.25, -0.2) is 13.2 Å². The fourth-order valence-electron chi connectivity index (χ4n) is 2.20. The van der Waals surface area contributed by atoms with Crippen molar-refractivity contribution in [1.82, 2.24) is 0 Å². The Morgan fingerprint density at radius 3 is 2.15 bits per heavy atom. The molecule has 2 rings (SSSR count). The zero-order valence-electron chi connectivity index (χ0n) is 11.0. The van der Waals surface area contributed by atoms with E-state index in [4.69, 9.17) is 5.73 Å². The minimum absolute atomic E-state index is 0.0169. The molecule has 2 aromatic carbocycles. The van der Waals surface area contributed by atoms with Crippen LogP contribution in [0.25, 0.3) is 0 Å². The van der Waals surface area contributed by atoms with Gasteiger partial charge in [-0.3, -0.25) is 0 Å². The van der Waals surface area contributed by atoms with Gasteiger partial charge >= 0.3 is 0 Å². The summed E-state index contributed by atoms with van der Waals surface area (Å²) in [4.78, 5) is 0. The third-order valence-electron chi connectivity index (χ3n) is 3.29. The summed E-state index contributed by atoms with van der Waals surface area (Å²) in [5.74, 6) is -1.20. The van der Waals surface area contributed by atoms with Gasteiger partial charge in [-0.15, -0.1) is 0 Å². The predicted octanol–water partition coefficient (Wildman–Crippen LogP) is 3.46. The lowest BCUT2D eigenvalue weighted by Crippen LogP contribution is -2.20. The van der Waals surface area contributed by atoms with E-state index in [2.05, 4.69) is 0 Å². The number of halogens is 3. The van der Waals surface area contributed by atoms with Gasteiger partial charge in [0.05, 0.1) is 0 Å². The van der Waals surface area contributed by atoms with Crippen LogP contribution >= 0.6 is 0 Å². The Morgan fingerprint density at radius 2 is 1.50 bits per heavy atom. The van der Waals surface area contributed by atoms with Crippen molar-refractivity contribution < 1.29 is 13.2 Å². The maximum absolute atomic E-state index is 13.6. The molecule has 0 saturated carbocycles. The molecule has 2 aromatic rings. The van der Waals surface area contributed by atoms with Crippen molar-refractivity contribution in [3.63, 3.8) is 0 Å². The fourth-order valence-corrected chi connectivity index (χ4v) is 2.20. The lowest BCUT2D eigenvalue weighted by atomic mass is 9.92. The zero-order chi connectivity index (χ0) is 14.5. The highest BCUT2D eigenvalue weighted by Gasteiger charge is 2.13. The molecule has 0 aliphatic rings. The molecular formula is C16H16F3N. The Labute approximate surface area is 116 Å². The standard InChI is InChI=1S/C16H16F3N/c17-14-3-1-11(2-4-14)7-12(10-20)8-13-9-15(18)5-6-16(13)19/h1-6,9,12H,7-8,10,20H2. The van der Waals surface area contributed by atoms with Crippen molar-refractivity contribution in [3.05, 3.63) is 71.0 Å². The SMILES string of the molecule is NCC(Cc1ccc(F)cc1)Cc1cc(F)ccc1F. The maximum atomic E-state index is 13.6. The van der Waals surface area contributed by atoms with E-state index in [0.29, 0.717) is 24.9 Å². The monoisotopic (exact) mass is 279 g/mol.